The molecule has 1 unspecified atom stereocenters. The molecule has 2 heterocycles. The van der Waals surface area contributed by atoms with E-state index in [1.165, 1.54) is 18.5 Å². The molecule has 4 nitrogen and oxygen atoms in total. The van der Waals surface area contributed by atoms with Crippen LogP contribution < -0.4 is 10.1 Å². The number of hydrogen-bond acceptors (Lipinski definition) is 3. The molecule has 1 aromatic heterocycles. The van der Waals surface area contributed by atoms with Crippen molar-refractivity contribution < 1.29 is 4.74 Å². The van der Waals surface area contributed by atoms with Crippen molar-refractivity contribution in [2.24, 2.45) is 0 Å². The molecular formula is C15H18BrN3O. The van der Waals surface area contributed by atoms with Gasteiger partial charge in [-0.15, -0.1) is 0 Å². The van der Waals surface area contributed by atoms with Crippen molar-refractivity contribution in [3.05, 3.63) is 34.4 Å². The predicted molar refractivity (Wildman–Crippen MR) is 83.1 cm³/mol. The van der Waals surface area contributed by atoms with Crippen LogP contribution >= 0.6 is 15.9 Å². The van der Waals surface area contributed by atoms with Crippen LogP contribution in [-0.4, -0.2) is 30.4 Å². The fourth-order valence-electron chi connectivity index (χ4n) is 2.64. The molecule has 0 bridgehead atoms. The fraction of sp³-hybridized carbons (Fsp3) is 0.400. The first kappa shape index (κ1) is 13.6. The van der Waals surface area contributed by atoms with Gasteiger partial charge in [-0.1, -0.05) is 0 Å². The molecule has 0 saturated carbocycles. The van der Waals surface area contributed by atoms with Gasteiger partial charge in [-0.25, -0.2) is 0 Å². The number of piperidine rings is 1. The van der Waals surface area contributed by atoms with Crippen LogP contribution in [0.15, 0.2) is 28.7 Å². The molecule has 1 atom stereocenters. The molecule has 1 fully saturated rings. The van der Waals surface area contributed by atoms with Crippen molar-refractivity contribution in [2.75, 3.05) is 20.2 Å². The lowest BCUT2D eigenvalue weighted by molar-refractivity contribution is 0.412. The zero-order valence-electron chi connectivity index (χ0n) is 11.4. The van der Waals surface area contributed by atoms with Crippen molar-refractivity contribution in [1.82, 2.24) is 15.5 Å². The molecular weight excluding hydrogens is 318 g/mol. The summed E-state index contributed by atoms with van der Waals surface area (Å²) in [7, 11) is 1.67. The van der Waals surface area contributed by atoms with Crippen LogP contribution in [-0.2, 0) is 0 Å². The maximum absolute atomic E-state index is 5.25. The van der Waals surface area contributed by atoms with Crippen LogP contribution in [0.3, 0.4) is 0 Å². The van der Waals surface area contributed by atoms with Gasteiger partial charge in [-0.3, -0.25) is 5.10 Å². The molecule has 0 spiro atoms. The van der Waals surface area contributed by atoms with Crippen LogP contribution in [0, 0.1) is 0 Å². The number of methoxy groups -OCH3 is 1. The summed E-state index contributed by atoms with van der Waals surface area (Å²) in [6.45, 7) is 2.16. The molecule has 0 amide bonds. The lowest BCUT2D eigenvalue weighted by Gasteiger charge is -2.21. The van der Waals surface area contributed by atoms with E-state index in [-0.39, 0.29) is 0 Å². The van der Waals surface area contributed by atoms with Gasteiger partial charge >= 0.3 is 0 Å². The molecule has 1 aliphatic heterocycles. The van der Waals surface area contributed by atoms with Gasteiger partial charge in [0.05, 0.1) is 17.3 Å². The third-order valence-corrected chi connectivity index (χ3v) is 4.40. The molecule has 1 aliphatic rings. The SMILES string of the molecule is COc1ccc(-c2cc(C3CCCNC3)[nH]n2)cc1Br. The first-order chi connectivity index (χ1) is 9.78. The van der Waals surface area contributed by atoms with Gasteiger partial charge in [0.15, 0.2) is 0 Å². The molecule has 1 saturated heterocycles. The highest BCUT2D eigenvalue weighted by atomic mass is 79.9. The molecule has 0 radical (unpaired) electrons. The Morgan fingerprint density at radius 2 is 2.25 bits per heavy atom. The summed E-state index contributed by atoms with van der Waals surface area (Å²) in [6, 6.07) is 8.18. The van der Waals surface area contributed by atoms with Crippen LogP contribution in [0.2, 0.25) is 0 Å². The van der Waals surface area contributed by atoms with Crippen molar-refractivity contribution in [3.63, 3.8) is 0 Å². The average molecular weight is 336 g/mol. The van der Waals surface area contributed by atoms with E-state index < -0.39 is 0 Å². The molecule has 106 valence electrons. The number of ether oxygens (including phenoxy) is 1. The number of halogens is 1. The first-order valence-electron chi connectivity index (χ1n) is 6.88. The highest BCUT2D eigenvalue weighted by molar-refractivity contribution is 9.10. The number of nitrogens with one attached hydrogen (secondary N) is 2. The number of hydrogen-bond donors (Lipinski definition) is 2. The number of rotatable bonds is 3. The van der Waals surface area contributed by atoms with Gasteiger partial charge < -0.3 is 10.1 Å². The van der Waals surface area contributed by atoms with Crippen molar-refractivity contribution >= 4 is 15.9 Å². The minimum absolute atomic E-state index is 0.548. The van der Waals surface area contributed by atoms with E-state index in [1.807, 2.05) is 18.2 Å². The number of aromatic amines is 1. The Morgan fingerprint density at radius 1 is 1.35 bits per heavy atom. The van der Waals surface area contributed by atoms with Gasteiger partial charge in [-0.2, -0.15) is 5.10 Å². The molecule has 20 heavy (non-hydrogen) atoms. The minimum atomic E-state index is 0.548. The van der Waals surface area contributed by atoms with Gasteiger partial charge in [0.25, 0.3) is 0 Å². The molecule has 2 aromatic rings. The smallest absolute Gasteiger partial charge is 0.133 e. The number of H-pyrrole nitrogens is 1. The maximum Gasteiger partial charge on any atom is 0.133 e. The Hall–Kier alpha value is -1.33. The Bertz CT molecular complexity index is 591. The van der Waals surface area contributed by atoms with Crippen LogP contribution in [0.25, 0.3) is 11.3 Å². The Balaban J connectivity index is 1.84. The lowest BCUT2D eigenvalue weighted by Crippen LogP contribution is -2.28. The van der Waals surface area contributed by atoms with E-state index >= 15 is 0 Å². The zero-order chi connectivity index (χ0) is 13.9. The second-order valence-corrected chi connectivity index (χ2v) is 5.96. The standard InChI is InChI=1S/C15H18BrN3O/c1-20-15-5-4-10(7-12(15)16)13-8-14(19-18-13)11-3-2-6-17-9-11/h4-5,7-8,11,17H,2-3,6,9H2,1H3,(H,18,19). The highest BCUT2D eigenvalue weighted by Gasteiger charge is 2.18. The van der Waals surface area contributed by atoms with Gasteiger partial charge in [-0.05, 0) is 59.6 Å². The summed E-state index contributed by atoms with van der Waals surface area (Å²) >= 11 is 3.52. The molecule has 0 aliphatic carbocycles. The fourth-order valence-corrected chi connectivity index (χ4v) is 3.18. The third-order valence-electron chi connectivity index (χ3n) is 3.78. The number of nitrogens with zero attached hydrogens (tertiary/aromatic N) is 1. The highest BCUT2D eigenvalue weighted by Crippen LogP contribution is 2.31. The van der Waals surface area contributed by atoms with Gasteiger partial charge in [0, 0.05) is 23.7 Å². The lowest BCUT2D eigenvalue weighted by atomic mass is 9.96. The van der Waals surface area contributed by atoms with Crippen LogP contribution in [0.5, 0.6) is 5.75 Å². The van der Waals surface area contributed by atoms with Crippen molar-refractivity contribution in [2.45, 2.75) is 18.8 Å². The van der Waals surface area contributed by atoms with E-state index in [4.69, 9.17) is 4.74 Å². The summed E-state index contributed by atoms with van der Waals surface area (Å²) < 4.78 is 6.20. The second kappa shape index (κ2) is 5.97. The minimum Gasteiger partial charge on any atom is -0.496 e. The molecule has 3 rings (SSSR count). The van der Waals surface area contributed by atoms with E-state index in [2.05, 4.69) is 37.5 Å². The monoisotopic (exact) mass is 335 g/mol. The van der Waals surface area contributed by atoms with Crippen LogP contribution in [0.4, 0.5) is 0 Å². The van der Waals surface area contributed by atoms with E-state index in [0.29, 0.717) is 5.92 Å². The van der Waals surface area contributed by atoms with E-state index in [1.54, 1.807) is 7.11 Å². The summed E-state index contributed by atoms with van der Waals surface area (Å²) in [5.41, 5.74) is 3.29. The van der Waals surface area contributed by atoms with Crippen molar-refractivity contribution in [1.29, 1.82) is 0 Å². The van der Waals surface area contributed by atoms with Gasteiger partial charge in [0.2, 0.25) is 0 Å². The predicted octanol–water partition coefficient (Wildman–Crippen LogP) is 3.31. The number of benzene rings is 1. The first-order valence-corrected chi connectivity index (χ1v) is 7.67. The molecule has 1 aromatic carbocycles. The summed E-state index contributed by atoms with van der Waals surface area (Å²) in [4.78, 5) is 0. The zero-order valence-corrected chi connectivity index (χ0v) is 13.0. The normalized spacial score (nSPS) is 19.0. The topological polar surface area (TPSA) is 49.9 Å². The average Bonchev–Trinajstić information content (AvgIpc) is 2.98. The van der Waals surface area contributed by atoms with Crippen molar-refractivity contribution in [3.8, 4) is 17.0 Å². The summed E-state index contributed by atoms with van der Waals surface area (Å²) in [6.07, 6.45) is 2.45. The Morgan fingerprint density at radius 3 is 2.95 bits per heavy atom. The largest absolute Gasteiger partial charge is 0.496 e. The second-order valence-electron chi connectivity index (χ2n) is 5.10. The molecule has 2 N–H and O–H groups in total. The third kappa shape index (κ3) is 2.74. The molecule has 5 heteroatoms. The van der Waals surface area contributed by atoms with E-state index in [9.17, 15) is 0 Å². The summed E-state index contributed by atoms with van der Waals surface area (Å²) in [5.74, 6) is 1.38. The Labute approximate surface area is 127 Å². The number of aromatic nitrogens is 2. The van der Waals surface area contributed by atoms with E-state index in [0.717, 1.165) is 34.6 Å². The van der Waals surface area contributed by atoms with Crippen LogP contribution in [0.1, 0.15) is 24.5 Å². The Kier molecular flexibility index (Phi) is 4.08. The summed E-state index contributed by atoms with van der Waals surface area (Å²) in [5, 5.41) is 11.1. The quantitative estimate of drug-likeness (QED) is 0.904. The van der Waals surface area contributed by atoms with Gasteiger partial charge in [0.1, 0.15) is 5.75 Å². The maximum atomic E-state index is 5.25.